The molecule has 4 nitrogen and oxygen atoms in total. The maximum absolute atomic E-state index is 10.1. The van der Waals surface area contributed by atoms with E-state index in [-0.39, 0.29) is 0 Å². The second kappa shape index (κ2) is 2.92. The van der Waals surface area contributed by atoms with E-state index in [1.54, 1.807) is 24.3 Å². The number of rotatable bonds is 1. The maximum Gasteiger partial charge on any atom is 0.412 e. The van der Waals surface area contributed by atoms with Crippen molar-refractivity contribution in [2.24, 2.45) is 5.73 Å². The van der Waals surface area contributed by atoms with Gasteiger partial charge >= 0.3 is 6.09 Å². The smallest absolute Gasteiger partial charge is 0.412 e. The number of amides is 1. The van der Waals surface area contributed by atoms with Crippen LogP contribution in [0.15, 0.2) is 35.8 Å². The lowest BCUT2D eigenvalue weighted by Crippen LogP contribution is -2.13. The van der Waals surface area contributed by atoms with Gasteiger partial charge in [-0.1, -0.05) is 12.2 Å². The standard InChI is InChI=1S/C7H7NO3/c8-7(10)11-6(9)5-3-1-2-4-5/h1-4,9H,(H2,8,10). The van der Waals surface area contributed by atoms with Crippen LogP contribution < -0.4 is 5.73 Å². The van der Waals surface area contributed by atoms with Crippen LogP contribution in [0.25, 0.3) is 0 Å². The topological polar surface area (TPSA) is 72.6 Å². The lowest BCUT2D eigenvalue weighted by Gasteiger charge is -1.98. The summed E-state index contributed by atoms with van der Waals surface area (Å²) < 4.78 is 4.21. The van der Waals surface area contributed by atoms with Crippen LogP contribution in [-0.2, 0) is 4.74 Å². The molecule has 11 heavy (non-hydrogen) atoms. The maximum atomic E-state index is 10.1. The molecule has 0 spiro atoms. The molecule has 1 amide bonds. The molecule has 0 unspecified atom stereocenters. The van der Waals surface area contributed by atoms with Crippen LogP contribution in [-0.4, -0.2) is 11.2 Å². The molecule has 58 valence electrons. The van der Waals surface area contributed by atoms with Gasteiger partial charge in [0.15, 0.2) is 0 Å². The molecule has 0 bridgehead atoms. The Morgan fingerprint density at radius 2 is 2.00 bits per heavy atom. The molecule has 0 saturated heterocycles. The van der Waals surface area contributed by atoms with E-state index in [1.165, 1.54) is 0 Å². The summed E-state index contributed by atoms with van der Waals surface area (Å²) in [4.78, 5) is 10.1. The highest BCUT2D eigenvalue weighted by atomic mass is 16.6. The molecule has 1 rings (SSSR count). The highest BCUT2D eigenvalue weighted by Gasteiger charge is 2.05. The van der Waals surface area contributed by atoms with Gasteiger partial charge < -0.3 is 15.6 Å². The van der Waals surface area contributed by atoms with Crippen LogP contribution in [0.1, 0.15) is 0 Å². The molecule has 0 fully saturated rings. The van der Waals surface area contributed by atoms with Crippen LogP contribution in [0.2, 0.25) is 0 Å². The lowest BCUT2D eigenvalue weighted by atomic mass is 10.3. The third-order valence-corrected chi connectivity index (χ3v) is 1.11. The Labute approximate surface area is 63.3 Å². The number of allylic oxidation sites excluding steroid dienone is 5. The van der Waals surface area contributed by atoms with Gasteiger partial charge in [0.2, 0.25) is 0 Å². The van der Waals surface area contributed by atoms with Crippen molar-refractivity contribution in [1.82, 2.24) is 0 Å². The number of ether oxygens (including phenoxy) is 1. The Kier molecular flexibility index (Phi) is 1.96. The highest BCUT2D eigenvalue weighted by Crippen LogP contribution is 2.11. The fourth-order valence-corrected chi connectivity index (χ4v) is 0.671. The minimum Gasteiger partial charge on any atom is -0.480 e. The van der Waals surface area contributed by atoms with Crippen LogP contribution >= 0.6 is 0 Å². The number of hydrogen-bond donors (Lipinski definition) is 2. The van der Waals surface area contributed by atoms with Gasteiger partial charge in [-0.15, -0.1) is 0 Å². The summed E-state index contributed by atoms with van der Waals surface area (Å²) in [5.41, 5.74) is 5.09. The van der Waals surface area contributed by atoms with E-state index in [4.69, 9.17) is 5.11 Å². The number of nitrogens with two attached hydrogens (primary N) is 1. The van der Waals surface area contributed by atoms with E-state index in [0.29, 0.717) is 5.57 Å². The zero-order valence-corrected chi connectivity index (χ0v) is 5.65. The summed E-state index contributed by atoms with van der Waals surface area (Å²) in [5.74, 6) is -0.470. The summed E-state index contributed by atoms with van der Waals surface area (Å²) >= 11 is 0. The van der Waals surface area contributed by atoms with E-state index in [1.807, 2.05) is 0 Å². The molecular weight excluding hydrogens is 146 g/mol. The lowest BCUT2D eigenvalue weighted by molar-refractivity contribution is 0.127. The quantitative estimate of drug-likeness (QED) is 0.551. The first-order valence-corrected chi connectivity index (χ1v) is 2.95. The molecule has 0 saturated carbocycles. The molecule has 0 aliphatic heterocycles. The van der Waals surface area contributed by atoms with Crippen LogP contribution in [0, 0.1) is 0 Å². The van der Waals surface area contributed by atoms with E-state index in [9.17, 15) is 4.79 Å². The van der Waals surface area contributed by atoms with Gasteiger partial charge in [0, 0.05) is 0 Å². The van der Waals surface area contributed by atoms with Crippen molar-refractivity contribution in [3.8, 4) is 0 Å². The minimum absolute atomic E-state index is 0.434. The summed E-state index contributed by atoms with van der Waals surface area (Å²) in [6.45, 7) is 0. The monoisotopic (exact) mass is 153 g/mol. The van der Waals surface area contributed by atoms with Crippen molar-refractivity contribution in [3.05, 3.63) is 35.8 Å². The van der Waals surface area contributed by atoms with Crippen LogP contribution in [0.3, 0.4) is 0 Å². The Hall–Kier alpha value is -1.71. The average Bonchev–Trinajstić information content (AvgIpc) is 2.35. The first-order chi connectivity index (χ1) is 5.20. The molecule has 0 heterocycles. The van der Waals surface area contributed by atoms with Gasteiger partial charge in [-0.3, -0.25) is 0 Å². The zero-order valence-electron chi connectivity index (χ0n) is 5.65. The number of aliphatic hydroxyl groups is 1. The number of primary amides is 1. The fraction of sp³-hybridized carbons (Fsp3) is 0. The van der Waals surface area contributed by atoms with Crippen molar-refractivity contribution in [2.45, 2.75) is 0 Å². The molecule has 1 aliphatic carbocycles. The van der Waals surface area contributed by atoms with Crippen molar-refractivity contribution in [1.29, 1.82) is 0 Å². The van der Waals surface area contributed by atoms with Gasteiger partial charge in [0.25, 0.3) is 5.95 Å². The van der Waals surface area contributed by atoms with Gasteiger partial charge in [0.05, 0.1) is 5.57 Å². The van der Waals surface area contributed by atoms with E-state index in [0.717, 1.165) is 0 Å². The third kappa shape index (κ3) is 1.86. The number of carbonyl (C=O) groups excluding carboxylic acids is 1. The Morgan fingerprint density at radius 1 is 1.45 bits per heavy atom. The SMILES string of the molecule is NC(=O)OC(O)=C1C=CC=C1. The molecule has 4 heteroatoms. The minimum atomic E-state index is -1.02. The third-order valence-electron chi connectivity index (χ3n) is 1.11. The van der Waals surface area contributed by atoms with Gasteiger partial charge in [0.1, 0.15) is 0 Å². The zero-order chi connectivity index (χ0) is 8.27. The number of hydrogen-bond acceptors (Lipinski definition) is 3. The molecule has 0 aromatic carbocycles. The summed E-state index contributed by atoms with van der Waals surface area (Å²) in [5, 5.41) is 8.97. The van der Waals surface area contributed by atoms with Crippen molar-refractivity contribution >= 4 is 6.09 Å². The first-order valence-electron chi connectivity index (χ1n) is 2.95. The fourth-order valence-electron chi connectivity index (χ4n) is 0.671. The van der Waals surface area contributed by atoms with Crippen molar-refractivity contribution in [3.63, 3.8) is 0 Å². The van der Waals surface area contributed by atoms with Crippen molar-refractivity contribution in [2.75, 3.05) is 0 Å². The molecule has 0 atom stereocenters. The van der Waals surface area contributed by atoms with Gasteiger partial charge in [-0.05, 0) is 12.2 Å². The summed E-state index contributed by atoms with van der Waals surface area (Å²) in [7, 11) is 0. The predicted octanol–water partition coefficient (Wildman–Crippen LogP) is 0.977. The Balaban J connectivity index is 2.71. The molecule has 0 aromatic rings. The normalized spacial score (nSPS) is 13.6. The number of aliphatic hydroxyl groups excluding tert-OH is 1. The first kappa shape index (κ1) is 7.40. The Morgan fingerprint density at radius 3 is 2.45 bits per heavy atom. The molecule has 0 aromatic heterocycles. The van der Waals surface area contributed by atoms with Gasteiger partial charge in [-0.2, -0.15) is 0 Å². The van der Waals surface area contributed by atoms with Crippen LogP contribution in [0.5, 0.6) is 0 Å². The molecular formula is C7H7NO3. The van der Waals surface area contributed by atoms with Crippen LogP contribution in [0.4, 0.5) is 4.79 Å². The molecule has 0 radical (unpaired) electrons. The van der Waals surface area contributed by atoms with E-state index in [2.05, 4.69) is 10.5 Å². The average molecular weight is 153 g/mol. The Bertz CT molecular complexity index is 249. The molecule has 3 N–H and O–H groups in total. The summed E-state index contributed by atoms with van der Waals surface area (Å²) in [6, 6.07) is 0. The predicted molar refractivity (Wildman–Crippen MR) is 38.6 cm³/mol. The molecule has 1 aliphatic rings. The van der Waals surface area contributed by atoms with Gasteiger partial charge in [-0.25, -0.2) is 4.79 Å². The number of carbonyl (C=O) groups is 1. The highest BCUT2D eigenvalue weighted by molar-refractivity contribution is 5.66. The van der Waals surface area contributed by atoms with E-state index < -0.39 is 12.0 Å². The van der Waals surface area contributed by atoms with E-state index >= 15 is 0 Å². The second-order valence-electron chi connectivity index (χ2n) is 1.90. The summed E-state index contributed by atoms with van der Waals surface area (Å²) in [6.07, 6.45) is 5.58. The largest absolute Gasteiger partial charge is 0.480 e. The van der Waals surface area contributed by atoms with Crippen molar-refractivity contribution < 1.29 is 14.6 Å². The second-order valence-corrected chi connectivity index (χ2v) is 1.90.